The van der Waals surface area contributed by atoms with Gasteiger partial charge in [0.05, 0.1) is 16.3 Å². The molecule has 1 amide bonds. The molecule has 0 aliphatic carbocycles. The van der Waals surface area contributed by atoms with E-state index in [-0.39, 0.29) is 5.91 Å². The zero-order valence-electron chi connectivity index (χ0n) is 12.1. The monoisotopic (exact) mass is 375 g/mol. The summed E-state index contributed by atoms with van der Waals surface area (Å²) in [6.45, 7) is 3.84. The summed E-state index contributed by atoms with van der Waals surface area (Å²) in [6.07, 6.45) is 0. The number of halogens is 1. The van der Waals surface area contributed by atoms with Gasteiger partial charge in [0.2, 0.25) is 0 Å². The zero-order chi connectivity index (χ0) is 15.7. The van der Waals surface area contributed by atoms with Crippen LogP contribution in [0.3, 0.4) is 0 Å². The molecule has 3 aromatic rings. The van der Waals surface area contributed by atoms with Crippen molar-refractivity contribution in [1.29, 1.82) is 0 Å². The third kappa shape index (κ3) is 2.98. The van der Waals surface area contributed by atoms with Crippen molar-refractivity contribution in [2.45, 2.75) is 13.8 Å². The fourth-order valence-corrected chi connectivity index (χ4v) is 3.38. The van der Waals surface area contributed by atoms with Gasteiger partial charge in [-0.3, -0.25) is 4.79 Å². The van der Waals surface area contributed by atoms with Crippen molar-refractivity contribution >= 4 is 39.0 Å². The van der Waals surface area contributed by atoms with E-state index >= 15 is 0 Å². The van der Waals surface area contributed by atoms with E-state index in [0.717, 1.165) is 26.3 Å². The lowest BCUT2D eigenvalue weighted by molar-refractivity contribution is 0.102. The number of nitrogens with zero attached hydrogens (tertiary/aromatic N) is 2. The molecule has 22 heavy (non-hydrogen) atoms. The van der Waals surface area contributed by atoms with E-state index in [0.29, 0.717) is 5.82 Å². The van der Waals surface area contributed by atoms with E-state index < -0.39 is 0 Å². The first-order valence-corrected chi connectivity index (χ1v) is 8.40. The molecule has 0 atom stereocenters. The van der Waals surface area contributed by atoms with Crippen molar-refractivity contribution in [3.63, 3.8) is 0 Å². The molecule has 2 aromatic heterocycles. The number of nitrogens with one attached hydrogen (secondary N) is 1. The average molecular weight is 376 g/mol. The maximum atomic E-state index is 12.4. The summed E-state index contributed by atoms with van der Waals surface area (Å²) in [5.41, 5.74) is 2.71. The van der Waals surface area contributed by atoms with Gasteiger partial charge in [-0.1, -0.05) is 22.0 Å². The summed E-state index contributed by atoms with van der Waals surface area (Å²) >= 11 is 4.89. The Morgan fingerprint density at radius 2 is 2.09 bits per heavy atom. The molecule has 0 bridgehead atoms. The van der Waals surface area contributed by atoms with Crippen LogP contribution in [0.1, 0.15) is 20.9 Å². The van der Waals surface area contributed by atoms with Crippen LogP contribution >= 0.6 is 27.3 Å². The largest absolute Gasteiger partial charge is 0.306 e. The molecular weight excluding hydrogens is 362 g/mol. The quantitative estimate of drug-likeness (QED) is 0.728. The molecule has 2 heterocycles. The molecule has 0 saturated carbocycles. The molecule has 0 aliphatic heterocycles. The Morgan fingerprint density at radius 1 is 1.27 bits per heavy atom. The molecule has 112 valence electrons. The summed E-state index contributed by atoms with van der Waals surface area (Å²) in [5.74, 6) is 0.553. The van der Waals surface area contributed by atoms with Crippen molar-refractivity contribution < 1.29 is 4.79 Å². The smallest absolute Gasteiger partial charge is 0.267 e. The normalized spacial score (nSPS) is 10.7. The van der Waals surface area contributed by atoms with Crippen molar-refractivity contribution in [3.05, 3.63) is 62.4 Å². The van der Waals surface area contributed by atoms with E-state index in [1.54, 1.807) is 4.68 Å². The minimum absolute atomic E-state index is 0.108. The molecule has 0 fully saturated rings. The first-order chi connectivity index (χ1) is 10.5. The first kappa shape index (κ1) is 15.0. The van der Waals surface area contributed by atoms with Gasteiger partial charge < -0.3 is 5.32 Å². The van der Waals surface area contributed by atoms with Gasteiger partial charge in [-0.2, -0.15) is 5.10 Å². The Morgan fingerprint density at radius 3 is 2.77 bits per heavy atom. The Balaban J connectivity index is 1.95. The number of thiophene rings is 1. The fourth-order valence-electron chi connectivity index (χ4n) is 2.17. The number of amides is 1. The van der Waals surface area contributed by atoms with Crippen LogP contribution in [-0.4, -0.2) is 15.7 Å². The Kier molecular flexibility index (Phi) is 4.13. The van der Waals surface area contributed by atoms with Gasteiger partial charge in [0, 0.05) is 10.5 Å². The van der Waals surface area contributed by atoms with Crippen LogP contribution in [0.15, 0.2) is 46.3 Å². The Labute approximate surface area is 140 Å². The van der Waals surface area contributed by atoms with Gasteiger partial charge in [0.1, 0.15) is 5.82 Å². The lowest BCUT2D eigenvalue weighted by atomic mass is 10.3. The second-order valence-electron chi connectivity index (χ2n) is 4.95. The number of aryl methyl sites for hydroxylation is 2. The SMILES string of the molecule is Cc1cc(NC(=O)c2sccc2C)n(-c2cccc(Br)c2)n1. The van der Waals surface area contributed by atoms with E-state index in [4.69, 9.17) is 0 Å². The molecule has 4 nitrogen and oxygen atoms in total. The van der Waals surface area contributed by atoms with Crippen LogP contribution in [0.4, 0.5) is 5.82 Å². The Bertz CT molecular complexity index is 838. The third-order valence-electron chi connectivity index (χ3n) is 3.19. The van der Waals surface area contributed by atoms with Crippen LogP contribution in [-0.2, 0) is 0 Å². The third-order valence-corrected chi connectivity index (χ3v) is 4.70. The van der Waals surface area contributed by atoms with E-state index in [9.17, 15) is 4.79 Å². The van der Waals surface area contributed by atoms with Crippen LogP contribution < -0.4 is 5.32 Å². The van der Waals surface area contributed by atoms with E-state index in [1.807, 2.05) is 55.6 Å². The van der Waals surface area contributed by atoms with Crippen LogP contribution in [0.2, 0.25) is 0 Å². The van der Waals surface area contributed by atoms with Crippen molar-refractivity contribution in [2.24, 2.45) is 0 Å². The van der Waals surface area contributed by atoms with Gasteiger partial charge in [-0.05, 0) is 49.1 Å². The minimum atomic E-state index is -0.108. The number of hydrogen-bond donors (Lipinski definition) is 1. The van der Waals surface area contributed by atoms with Crippen molar-refractivity contribution in [3.8, 4) is 5.69 Å². The molecule has 0 spiro atoms. The predicted molar refractivity (Wildman–Crippen MR) is 93.0 cm³/mol. The topological polar surface area (TPSA) is 46.9 Å². The molecule has 1 aromatic carbocycles. The molecule has 1 N–H and O–H groups in total. The summed E-state index contributed by atoms with van der Waals surface area (Å²) < 4.78 is 2.70. The highest BCUT2D eigenvalue weighted by Gasteiger charge is 2.15. The van der Waals surface area contributed by atoms with E-state index in [2.05, 4.69) is 26.3 Å². The number of carbonyl (C=O) groups is 1. The van der Waals surface area contributed by atoms with Gasteiger partial charge in [-0.15, -0.1) is 11.3 Å². The van der Waals surface area contributed by atoms with Gasteiger partial charge in [-0.25, -0.2) is 4.68 Å². The van der Waals surface area contributed by atoms with Gasteiger partial charge >= 0.3 is 0 Å². The van der Waals surface area contributed by atoms with Crippen molar-refractivity contribution in [2.75, 3.05) is 5.32 Å². The molecule has 0 unspecified atom stereocenters. The number of carbonyl (C=O) groups excluding carboxylic acids is 1. The zero-order valence-corrected chi connectivity index (χ0v) is 14.5. The second kappa shape index (κ2) is 6.06. The number of rotatable bonds is 3. The molecule has 0 saturated heterocycles. The second-order valence-corrected chi connectivity index (χ2v) is 6.78. The van der Waals surface area contributed by atoms with Gasteiger partial charge in [0.15, 0.2) is 0 Å². The lowest BCUT2D eigenvalue weighted by Crippen LogP contribution is -2.14. The van der Waals surface area contributed by atoms with Crippen LogP contribution in [0.5, 0.6) is 0 Å². The highest BCUT2D eigenvalue weighted by atomic mass is 79.9. The summed E-state index contributed by atoms with van der Waals surface area (Å²) in [5, 5.41) is 9.33. The van der Waals surface area contributed by atoms with Crippen molar-refractivity contribution in [1.82, 2.24) is 9.78 Å². The predicted octanol–water partition coefficient (Wildman–Crippen LogP) is 4.57. The minimum Gasteiger partial charge on any atom is -0.306 e. The maximum absolute atomic E-state index is 12.4. The molecule has 3 rings (SSSR count). The lowest BCUT2D eigenvalue weighted by Gasteiger charge is -2.09. The fraction of sp³-hybridized carbons (Fsp3) is 0.125. The highest BCUT2D eigenvalue weighted by Crippen LogP contribution is 2.22. The Hall–Kier alpha value is -1.92. The molecule has 0 radical (unpaired) electrons. The highest BCUT2D eigenvalue weighted by molar-refractivity contribution is 9.10. The average Bonchev–Trinajstić information content (AvgIpc) is 3.05. The standard InChI is InChI=1S/C16H14BrN3OS/c1-10-6-7-22-15(10)16(21)18-14-8-11(2)19-20(14)13-5-3-4-12(17)9-13/h3-9H,1-2H3,(H,18,21). The number of benzene rings is 1. The summed E-state index contributed by atoms with van der Waals surface area (Å²) in [4.78, 5) is 13.1. The summed E-state index contributed by atoms with van der Waals surface area (Å²) in [7, 11) is 0. The maximum Gasteiger partial charge on any atom is 0.267 e. The summed E-state index contributed by atoms with van der Waals surface area (Å²) in [6, 6.07) is 11.6. The van der Waals surface area contributed by atoms with Gasteiger partial charge in [0.25, 0.3) is 5.91 Å². The molecular formula is C16H14BrN3OS. The number of hydrogen-bond acceptors (Lipinski definition) is 3. The number of anilines is 1. The molecule has 6 heteroatoms. The molecule has 0 aliphatic rings. The number of aromatic nitrogens is 2. The van der Waals surface area contributed by atoms with Crippen LogP contribution in [0.25, 0.3) is 5.69 Å². The van der Waals surface area contributed by atoms with Crippen LogP contribution in [0, 0.1) is 13.8 Å². The first-order valence-electron chi connectivity index (χ1n) is 6.72. The van der Waals surface area contributed by atoms with E-state index in [1.165, 1.54) is 11.3 Å².